The number of unbranched alkanes of at least 4 members (excludes halogenated alkanes) is 23. The molecule has 6 heteroatoms. The predicted octanol–water partition coefficient (Wildman–Crippen LogP) is 13.4. The monoisotopic (exact) mass is 709 g/mol. The fraction of sp³-hybridized carbons (Fsp3) is 0.932. The Balaban J connectivity index is 4.34. The van der Waals surface area contributed by atoms with E-state index in [9.17, 15) is 14.4 Å². The maximum Gasteiger partial charge on any atom is 0.306 e. The zero-order valence-electron chi connectivity index (χ0n) is 34.0. The van der Waals surface area contributed by atoms with Gasteiger partial charge in [-0.3, -0.25) is 14.4 Å². The van der Waals surface area contributed by atoms with E-state index in [0.717, 1.165) is 69.6 Å². The third kappa shape index (κ3) is 37.7. The van der Waals surface area contributed by atoms with Crippen LogP contribution in [-0.2, 0) is 28.6 Å². The van der Waals surface area contributed by atoms with Crippen molar-refractivity contribution in [3.63, 3.8) is 0 Å². The minimum atomic E-state index is -0.760. The molecule has 0 rings (SSSR count). The molecule has 0 aliphatic rings. The van der Waals surface area contributed by atoms with Crippen molar-refractivity contribution in [3.8, 4) is 0 Å². The van der Waals surface area contributed by atoms with E-state index in [-0.39, 0.29) is 31.1 Å². The van der Waals surface area contributed by atoms with Gasteiger partial charge < -0.3 is 14.2 Å². The highest BCUT2D eigenvalue weighted by atomic mass is 16.6. The minimum Gasteiger partial charge on any atom is -0.462 e. The standard InChI is InChI=1S/C44H84O6/c1-6-7-8-9-10-11-12-13-14-18-24-29-34-42(45)48-37-41(38-49-43(46)35-30-25-21-20-23-28-33-40(4)5)50-44(47)36-31-26-19-16-15-17-22-27-32-39(2)3/h39-41H,6-38H2,1-5H3/t41-/m1/s1. The number of ether oxygens (including phenoxy) is 3. The maximum atomic E-state index is 12.7. The summed E-state index contributed by atoms with van der Waals surface area (Å²) < 4.78 is 16.7. The molecular formula is C44H84O6. The first kappa shape index (κ1) is 48.4. The molecule has 0 aliphatic heterocycles. The highest BCUT2D eigenvalue weighted by molar-refractivity contribution is 5.71. The summed E-state index contributed by atoms with van der Waals surface area (Å²) in [5, 5.41) is 0. The lowest BCUT2D eigenvalue weighted by molar-refractivity contribution is -0.167. The fourth-order valence-corrected chi connectivity index (χ4v) is 6.40. The maximum absolute atomic E-state index is 12.7. The summed E-state index contributed by atoms with van der Waals surface area (Å²) in [6.07, 6.45) is 33.9. The van der Waals surface area contributed by atoms with Crippen LogP contribution in [-0.4, -0.2) is 37.2 Å². The Morgan fingerprint density at radius 1 is 0.380 bits per heavy atom. The molecule has 6 nitrogen and oxygen atoms in total. The van der Waals surface area contributed by atoms with Crippen molar-refractivity contribution in [1.29, 1.82) is 0 Å². The van der Waals surface area contributed by atoms with Crippen molar-refractivity contribution in [2.24, 2.45) is 11.8 Å². The van der Waals surface area contributed by atoms with Crippen LogP contribution in [0.2, 0.25) is 0 Å². The highest BCUT2D eigenvalue weighted by Gasteiger charge is 2.19. The largest absolute Gasteiger partial charge is 0.462 e. The lowest BCUT2D eigenvalue weighted by Crippen LogP contribution is -2.30. The van der Waals surface area contributed by atoms with Gasteiger partial charge in [-0.05, 0) is 31.1 Å². The van der Waals surface area contributed by atoms with Crippen LogP contribution in [0.4, 0.5) is 0 Å². The van der Waals surface area contributed by atoms with Gasteiger partial charge in [0.1, 0.15) is 13.2 Å². The van der Waals surface area contributed by atoms with Crippen molar-refractivity contribution in [2.75, 3.05) is 13.2 Å². The van der Waals surface area contributed by atoms with E-state index in [0.29, 0.717) is 19.3 Å². The molecule has 0 aromatic heterocycles. The van der Waals surface area contributed by atoms with Crippen molar-refractivity contribution in [2.45, 2.75) is 240 Å². The van der Waals surface area contributed by atoms with Crippen LogP contribution in [0, 0.1) is 11.8 Å². The summed E-state index contributed by atoms with van der Waals surface area (Å²) in [6, 6.07) is 0. The molecular weight excluding hydrogens is 624 g/mol. The summed E-state index contributed by atoms with van der Waals surface area (Å²) in [6.45, 7) is 11.2. The Hall–Kier alpha value is -1.59. The van der Waals surface area contributed by atoms with Gasteiger partial charge in [0.2, 0.25) is 0 Å². The van der Waals surface area contributed by atoms with Crippen molar-refractivity contribution >= 4 is 17.9 Å². The second-order valence-corrected chi connectivity index (χ2v) is 15.9. The van der Waals surface area contributed by atoms with Crippen LogP contribution in [0.25, 0.3) is 0 Å². The number of hydrogen-bond acceptors (Lipinski definition) is 6. The van der Waals surface area contributed by atoms with E-state index in [2.05, 4.69) is 34.6 Å². The van der Waals surface area contributed by atoms with Gasteiger partial charge in [-0.25, -0.2) is 0 Å². The van der Waals surface area contributed by atoms with Crippen LogP contribution in [0.5, 0.6) is 0 Å². The van der Waals surface area contributed by atoms with Gasteiger partial charge in [-0.15, -0.1) is 0 Å². The quantitative estimate of drug-likeness (QED) is 0.0361. The molecule has 0 unspecified atom stereocenters. The average molecular weight is 709 g/mol. The third-order valence-corrected chi connectivity index (χ3v) is 9.72. The van der Waals surface area contributed by atoms with Crippen LogP contribution in [0.15, 0.2) is 0 Å². The van der Waals surface area contributed by atoms with E-state index in [1.165, 1.54) is 122 Å². The molecule has 0 radical (unpaired) electrons. The smallest absolute Gasteiger partial charge is 0.306 e. The van der Waals surface area contributed by atoms with E-state index in [1.807, 2.05) is 0 Å². The normalized spacial score (nSPS) is 12.1. The Kier molecular flexibility index (Phi) is 36.0. The lowest BCUT2D eigenvalue weighted by Gasteiger charge is -2.18. The zero-order valence-corrected chi connectivity index (χ0v) is 34.0. The third-order valence-electron chi connectivity index (χ3n) is 9.72. The molecule has 0 aromatic rings. The van der Waals surface area contributed by atoms with Crippen LogP contribution < -0.4 is 0 Å². The summed E-state index contributed by atoms with van der Waals surface area (Å²) in [4.78, 5) is 37.6. The minimum absolute atomic E-state index is 0.0662. The fourth-order valence-electron chi connectivity index (χ4n) is 6.40. The van der Waals surface area contributed by atoms with Gasteiger partial charge in [0.25, 0.3) is 0 Å². The average Bonchev–Trinajstić information content (AvgIpc) is 3.08. The van der Waals surface area contributed by atoms with Gasteiger partial charge in [0, 0.05) is 19.3 Å². The van der Waals surface area contributed by atoms with E-state index >= 15 is 0 Å². The Morgan fingerprint density at radius 2 is 0.660 bits per heavy atom. The Morgan fingerprint density at radius 3 is 0.980 bits per heavy atom. The predicted molar refractivity (Wildman–Crippen MR) is 210 cm³/mol. The molecule has 0 saturated carbocycles. The number of esters is 3. The van der Waals surface area contributed by atoms with Crippen molar-refractivity contribution in [1.82, 2.24) is 0 Å². The molecule has 0 aliphatic carbocycles. The first-order chi connectivity index (χ1) is 24.2. The molecule has 0 aromatic carbocycles. The Bertz CT molecular complexity index is 764. The molecule has 0 amide bonds. The van der Waals surface area contributed by atoms with Crippen LogP contribution >= 0.6 is 0 Å². The van der Waals surface area contributed by atoms with Crippen molar-refractivity contribution < 1.29 is 28.6 Å². The van der Waals surface area contributed by atoms with Gasteiger partial charge in [-0.2, -0.15) is 0 Å². The zero-order chi connectivity index (χ0) is 36.9. The van der Waals surface area contributed by atoms with Gasteiger partial charge in [0.15, 0.2) is 6.10 Å². The molecule has 0 bridgehead atoms. The molecule has 0 N–H and O–H groups in total. The number of hydrogen-bond donors (Lipinski definition) is 0. The second-order valence-electron chi connectivity index (χ2n) is 15.9. The van der Waals surface area contributed by atoms with Crippen LogP contribution in [0.3, 0.4) is 0 Å². The molecule has 296 valence electrons. The lowest BCUT2D eigenvalue weighted by atomic mass is 10.0. The number of rotatable bonds is 38. The van der Waals surface area contributed by atoms with E-state index in [1.54, 1.807) is 0 Å². The molecule has 0 saturated heterocycles. The summed E-state index contributed by atoms with van der Waals surface area (Å²) in [7, 11) is 0. The SMILES string of the molecule is CCCCCCCCCCCCCCC(=O)OC[C@H](COC(=O)CCCCCCCCC(C)C)OC(=O)CCCCCCCCCCC(C)C. The van der Waals surface area contributed by atoms with Gasteiger partial charge in [-0.1, -0.05) is 195 Å². The number of carbonyl (C=O) groups excluding carboxylic acids is 3. The van der Waals surface area contributed by atoms with Gasteiger partial charge in [0.05, 0.1) is 0 Å². The molecule has 1 atom stereocenters. The van der Waals surface area contributed by atoms with E-state index < -0.39 is 6.10 Å². The summed E-state index contributed by atoms with van der Waals surface area (Å²) in [5.74, 6) is 0.690. The first-order valence-electron chi connectivity index (χ1n) is 21.7. The second kappa shape index (κ2) is 37.2. The van der Waals surface area contributed by atoms with Gasteiger partial charge >= 0.3 is 17.9 Å². The van der Waals surface area contributed by atoms with Crippen molar-refractivity contribution in [3.05, 3.63) is 0 Å². The molecule has 0 heterocycles. The Labute approximate surface area is 310 Å². The van der Waals surface area contributed by atoms with Crippen LogP contribution in [0.1, 0.15) is 234 Å². The molecule has 0 spiro atoms. The first-order valence-corrected chi connectivity index (χ1v) is 21.7. The topological polar surface area (TPSA) is 78.9 Å². The summed E-state index contributed by atoms with van der Waals surface area (Å²) in [5.41, 5.74) is 0. The van der Waals surface area contributed by atoms with E-state index in [4.69, 9.17) is 14.2 Å². The molecule has 0 fully saturated rings. The number of carbonyl (C=O) groups is 3. The molecule has 50 heavy (non-hydrogen) atoms. The highest BCUT2D eigenvalue weighted by Crippen LogP contribution is 2.16. The summed E-state index contributed by atoms with van der Waals surface area (Å²) >= 11 is 0.